The lowest BCUT2D eigenvalue weighted by Crippen LogP contribution is -2.55. The maximum Gasteiger partial charge on any atom is 0.326 e. The molecule has 18 heavy (non-hydrogen) atoms. The molecule has 0 atom stereocenters. The topological polar surface area (TPSA) is 38.3 Å². The van der Waals surface area contributed by atoms with Crippen molar-refractivity contribution < 1.29 is 9.53 Å². The lowest BCUT2D eigenvalue weighted by molar-refractivity contribution is -0.150. The Labute approximate surface area is 111 Å². The summed E-state index contributed by atoms with van der Waals surface area (Å²) in [6, 6.07) is 0. The zero-order chi connectivity index (χ0) is 13.0. The first-order chi connectivity index (χ1) is 8.70. The van der Waals surface area contributed by atoms with Crippen molar-refractivity contribution in [3.05, 3.63) is 0 Å². The molecule has 2 aliphatic carbocycles. The molecule has 3 nitrogen and oxygen atoms in total. The van der Waals surface area contributed by atoms with Gasteiger partial charge in [0.25, 0.3) is 0 Å². The molecule has 1 N–H and O–H groups in total. The molecule has 0 aliphatic heterocycles. The lowest BCUT2D eigenvalue weighted by atomic mass is 9.75. The number of hydrogen-bond acceptors (Lipinski definition) is 3. The molecule has 0 heterocycles. The van der Waals surface area contributed by atoms with E-state index < -0.39 is 0 Å². The van der Waals surface area contributed by atoms with Crippen molar-refractivity contribution in [3.63, 3.8) is 0 Å². The second kappa shape index (κ2) is 6.05. The lowest BCUT2D eigenvalue weighted by Gasteiger charge is -2.38. The average Bonchev–Trinajstić information content (AvgIpc) is 3.22. The third-order valence-corrected chi connectivity index (χ3v) is 4.66. The summed E-state index contributed by atoms with van der Waals surface area (Å²) in [6.45, 7) is 3.24. The fourth-order valence-corrected chi connectivity index (χ4v) is 3.18. The molecule has 0 unspecified atom stereocenters. The van der Waals surface area contributed by atoms with E-state index in [1.54, 1.807) is 0 Å². The summed E-state index contributed by atoms with van der Waals surface area (Å²) >= 11 is 0. The molecule has 0 bridgehead atoms. The van der Waals surface area contributed by atoms with Crippen molar-refractivity contribution in [2.75, 3.05) is 13.7 Å². The Morgan fingerprint density at radius 1 is 1.22 bits per heavy atom. The number of carbonyl (C=O) groups excluding carboxylic acids is 1. The number of hydrogen-bond donors (Lipinski definition) is 1. The molecule has 104 valence electrons. The fourth-order valence-electron chi connectivity index (χ4n) is 3.18. The number of carbonyl (C=O) groups is 1. The second-order valence-electron chi connectivity index (χ2n) is 6.13. The van der Waals surface area contributed by atoms with E-state index in [9.17, 15) is 4.79 Å². The van der Waals surface area contributed by atoms with Gasteiger partial charge in [-0.15, -0.1) is 0 Å². The van der Waals surface area contributed by atoms with Gasteiger partial charge in [-0.3, -0.25) is 4.79 Å². The minimum absolute atomic E-state index is 0.0434. The van der Waals surface area contributed by atoms with E-state index in [-0.39, 0.29) is 11.5 Å². The molecule has 0 saturated heterocycles. The molecule has 2 fully saturated rings. The van der Waals surface area contributed by atoms with Crippen LogP contribution in [0.3, 0.4) is 0 Å². The van der Waals surface area contributed by atoms with Crippen LogP contribution in [0, 0.1) is 11.8 Å². The molecule has 2 saturated carbocycles. The van der Waals surface area contributed by atoms with Gasteiger partial charge in [0.1, 0.15) is 5.54 Å². The SMILES string of the molecule is CCCC1CCC(NCC2CC2)(C(=O)OC)CC1. The van der Waals surface area contributed by atoms with E-state index in [2.05, 4.69) is 12.2 Å². The van der Waals surface area contributed by atoms with Gasteiger partial charge in [-0.05, 0) is 56.9 Å². The highest BCUT2D eigenvalue weighted by Gasteiger charge is 2.43. The van der Waals surface area contributed by atoms with Crippen molar-refractivity contribution >= 4 is 5.97 Å². The first kappa shape index (κ1) is 13.9. The summed E-state index contributed by atoms with van der Waals surface area (Å²) in [4.78, 5) is 12.1. The van der Waals surface area contributed by atoms with E-state index in [1.165, 1.54) is 45.6 Å². The normalized spacial score (nSPS) is 32.2. The summed E-state index contributed by atoms with van der Waals surface area (Å²) in [5.74, 6) is 1.58. The summed E-state index contributed by atoms with van der Waals surface area (Å²) in [5, 5.41) is 3.54. The Bertz CT molecular complexity index is 278. The zero-order valence-electron chi connectivity index (χ0n) is 11.8. The third kappa shape index (κ3) is 3.25. The molecule has 0 amide bonds. The van der Waals surface area contributed by atoms with E-state index in [0.717, 1.165) is 31.2 Å². The Morgan fingerprint density at radius 3 is 2.39 bits per heavy atom. The van der Waals surface area contributed by atoms with E-state index in [0.29, 0.717) is 0 Å². The van der Waals surface area contributed by atoms with E-state index in [1.807, 2.05) is 0 Å². The molecule has 0 aromatic heterocycles. The molecular formula is C15H27NO2. The van der Waals surface area contributed by atoms with Crippen molar-refractivity contribution in [1.82, 2.24) is 5.32 Å². The van der Waals surface area contributed by atoms with E-state index >= 15 is 0 Å². The minimum Gasteiger partial charge on any atom is -0.468 e. The predicted molar refractivity (Wildman–Crippen MR) is 72.3 cm³/mol. The summed E-state index contributed by atoms with van der Waals surface area (Å²) < 4.78 is 5.04. The number of methoxy groups -OCH3 is 1. The van der Waals surface area contributed by atoms with Gasteiger partial charge < -0.3 is 10.1 Å². The smallest absolute Gasteiger partial charge is 0.326 e. The Kier molecular flexibility index (Phi) is 4.66. The highest BCUT2D eigenvalue weighted by molar-refractivity contribution is 5.80. The van der Waals surface area contributed by atoms with Crippen LogP contribution in [0.4, 0.5) is 0 Å². The van der Waals surface area contributed by atoms with Crippen LogP contribution in [0.15, 0.2) is 0 Å². The van der Waals surface area contributed by atoms with Crippen molar-refractivity contribution in [2.45, 2.75) is 63.8 Å². The largest absolute Gasteiger partial charge is 0.468 e. The average molecular weight is 253 g/mol. The predicted octanol–water partition coefficient (Wildman–Crippen LogP) is 2.89. The summed E-state index contributed by atoms with van der Waals surface area (Å²) in [7, 11) is 1.51. The van der Waals surface area contributed by atoms with Crippen LogP contribution >= 0.6 is 0 Å². The van der Waals surface area contributed by atoms with Crippen molar-refractivity contribution in [3.8, 4) is 0 Å². The molecule has 0 aromatic carbocycles. The van der Waals surface area contributed by atoms with E-state index in [4.69, 9.17) is 4.74 Å². The molecular weight excluding hydrogens is 226 g/mol. The molecule has 0 radical (unpaired) electrons. The first-order valence-electron chi connectivity index (χ1n) is 7.53. The molecule has 2 rings (SSSR count). The Balaban J connectivity index is 1.91. The van der Waals surface area contributed by atoms with Gasteiger partial charge in [-0.25, -0.2) is 0 Å². The maximum atomic E-state index is 12.1. The van der Waals surface area contributed by atoms with Gasteiger partial charge in [-0.2, -0.15) is 0 Å². The standard InChI is InChI=1S/C15H27NO2/c1-3-4-12-7-9-15(10-8-12,14(17)18-2)16-11-13-5-6-13/h12-13,16H,3-11H2,1-2H3. The van der Waals surface area contributed by atoms with Crippen LogP contribution in [-0.4, -0.2) is 25.2 Å². The molecule has 3 heteroatoms. The Morgan fingerprint density at radius 2 is 1.89 bits per heavy atom. The van der Waals surface area contributed by atoms with Crippen molar-refractivity contribution in [2.24, 2.45) is 11.8 Å². The van der Waals surface area contributed by atoms with Gasteiger partial charge in [0.05, 0.1) is 7.11 Å². The van der Waals surface area contributed by atoms with Crippen LogP contribution in [0.1, 0.15) is 58.3 Å². The molecule has 0 spiro atoms. The fraction of sp³-hybridized carbons (Fsp3) is 0.933. The second-order valence-corrected chi connectivity index (χ2v) is 6.13. The van der Waals surface area contributed by atoms with Crippen LogP contribution < -0.4 is 5.32 Å². The Hall–Kier alpha value is -0.570. The van der Waals surface area contributed by atoms with Crippen LogP contribution in [0.5, 0.6) is 0 Å². The van der Waals surface area contributed by atoms with Crippen LogP contribution in [-0.2, 0) is 9.53 Å². The number of rotatable bonds is 6. The van der Waals surface area contributed by atoms with Gasteiger partial charge in [0.2, 0.25) is 0 Å². The van der Waals surface area contributed by atoms with Gasteiger partial charge >= 0.3 is 5.97 Å². The monoisotopic (exact) mass is 253 g/mol. The van der Waals surface area contributed by atoms with Gasteiger partial charge in [0, 0.05) is 0 Å². The number of nitrogens with one attached hydrogen (secondary N) is 1. The molecule has 2 aliphatic rings. The maximum absolute atomic E-state index is 12.1. The highest BCUT2D eigenvalue weighted by Crippen LogP contribution is 2.36. The van der Waals surface area contributed by atoms with Crippen molar-refractivity contribution in [1.29, 1.82) is 0 Å². The first-order valence-corrected chi connectivity index (χ1v) is 7.53. The van der Waals surface area contributed by atoms with Crippen LogP contribution in [0.2, 0.25) is 0 Å². The highest BCUT2D eigenvalue weighted by atomic mass is 16.5. The van der Waals surface area contributed by atoms with Crippen LogP contribution in [0.25, 0.3) is 0 Å². The number of ether oxygens (including phenoxy) is 1. The summed E-state index contributed by atoms with van der Waals surface area (Å²) in [5.41, 5.74) is -0.373. The molecule has 0 aromatic rings. The third-order valence-electron chi connectivity index (χ3n) is 4.66. The summed E-state index contributed by atoms with van der Waals surface area (Å²) in [6.07, 6.45) is 9.45. The minimum atomic E-state index is -0.373. The van der Waals surface area contributed by atoms with Gasteiger partial charge in [-0.1, -0.05) is 19.8 Å². The number of esters is 1. The van der Waals surface area contributed by atoms with Gasteiger partial charge in [0.15, 0.2) is 0 Å². The quantitative estimate of drug-likeness (QED) is 0.740. The zero-order valence-corrected chi connectivity index (χ0v) is 11.8.